The number of pyridine rings is 1. The highest BCUT2D eigenvalue weighted by atomic mass is 35.5. The Morgan fingerprint density at radius 3 is 2.84 bits per heavy atom. The minimum absolute atomic E-state index is 0.114. The molecule has 0 atom stereocenters. The number of hydrogen-bond donors (Lipinski definition) is 1. The number of rotatable bonds is 2. The van der Waals surface area contributed by atoms with Crippen LogP contribution in [0.15, 0.2) is 42.6 Å². The van der Waals surface area contributed by atoms with Crippen LogP contribution in [0.25, 0.3) is 17.0 Å². The van der Waals surface area contributed by atoms with Crippen molar-refractivity contribution in [3.63, 3.8) is 0 Å². The van der Waals surface area contributed by atoms with Gasteiger partial charge in [-0.1, -0.05) is 23.7 Å². The van der Waals surface area contributed by atoms with Crippen LogP contribution in [0.1, 0.15) is 10.4 Å². The second-order valence-electron chi connectivity index (χ2n) is 3.94. The van der Waals surface area contributed by atoms with Gasteiger partial charge in [-0.3, -0.25) is 0 Å². The van der Waals surface area contributed by atoms with E-state index in [4.69, 9.17) is 16.7 Å². The van der Waals surface area contributed by atoms with Crippen molar-refractivity contribution in [3.05, 3.63) is 53.2 Å². The van der Waals surface area contributed by atoms with E-state index in [-0.39, 0.29) is 5.56 Å². The molecule has 3 rings (SSSR count). The van der Waals surface area contributed by atoms with Crippen molar-refractivity contribution >= 4 is 23.2 Å². The lowest BCUT2D eigenvalue weighted by Crippen LogP contribution is -2.00. The number of hydrogen-bond acceptors (Lipinski definition) is 3. The molecule has 2 aromatic heterocycles. The van der Waals surface area contributed by atoms with E-state index in [1.807, 2.05) is 6.07 Å². The Balaban J connectivity index is 2.22. The SMILES string of the molecule is O=C(O)c1cccn2nc(-c3cccc(Cl)c3)nc12. The standard InChI is InChI=1S/C13H8ClN3O2/c14-9-4-1-3-8(7-9)11-15-12-10(13(18)19)5-2-6-17(12)16-11/h1-7H,(H,18,19). The molecular formula is C13H8ClN3O2. The minimum Gasteiger partial charge on any atom is -0.478 e. The van der Waals surface area contributed by atoms with Crippen molar-refractivity contribution < 1.29 is 9.90 Å². The van der Waals surface area contributed by atoms with E-state index in [9.17, 15) is 4.79 Å². The Labute approximate surface area is 113 Å². The maximum atomic E-state index is 11.1. The number of aromatic nitrogens is 3. The van der Waals surface area contributed by atoms with Gasteiger partial charge in [-0.25, -0.2) is 14.3 Å². The van der Waals surface area contributed by atoms with Gasteiger partial charge in [0.25, 0.3) is 0 Å². The van der Waals surface area contributed by atoms with Crippen LogP contribution in [0.2, 0.25) is 5.02 Å². The van der Waals surface area contributed by atoms with Crippen LogP contribution in [0, 0.1) is 0 Å². The van der Waals surface area contributed by atoms with Gasteiger partial charge in [0.1, 0.15) is 5.56 Å². The number of halogens is 1. The van der Waals surface area contributed by atoms with Crippen LogP contribution in [0.5, 0.6) is 0 Å². The summed E-state index contributed by atoms with van der Waals surface area (Å²) in [6.45, 7) is 0. The topological polar surface area (TPSA) is 67.5 Å². The maximum Gasteiger partial charge on any atom is 0.339 e. The molecule has 2 heterocycles. The van der Waals surface area contributed by atoms with Crippen LogP contribution in [0.3, 0.4) is 0 Å². The number of aromatic carboxylic acids is 1. The monoisotopic (exact) mass is 273 g/mol. The molecule has 5 nitrogen and oxygen atoms in total. The van der Waals surface area contributed by atoms with Gasteiger partial charge >= 0.3 is 5.97 Å². The molecule has 0 fully saturated rings. The molecule has 1 N–H and O–H groups in total. The van der Waals surface area contributed by atoms with E-state index in [1.54, 1.807) is 30.5 Å². The summed E-state index contributed by atoms with van der Waals surface area (Å²) in [5.41, 5.74) is 1.17. The number of fused-ring (bicyclic) bond motifs is 1. The fraction of sp³-hybridized carbons (Fsp3) is 0. The largest absolute Gasteiger partial charge is 0.478 e. The zero-order valence-electron chi connectivity index (χ0n) is 9.62. The third-order valence-corrected chi connectivity index (χ3v) is 2.91. The van der Waals surface area contributed by atoms with Crippen molar-refractivity contribution in [1.82, 2.24) is 14.6 Å². The molecule has 0 saturated heterocycles. The molecular weight excluding hydrogens is 266 g/mol. The molecule has 0 saturated carbocycles. The molecule has 0 spiro atoms. The number of carbonyl (C=O) groups is 1. The van der Waals surface area contributed by atoms with Gasteiger partial charge in [-0.05, 0) is 24.3 Å². The van der Waals surface area contributed by atoms with Crippen molar-refractivity contribution in [2.45, 2.75) is 0 Å². The van der Waals surface area contributed by atoms with E-state index >= 15 is 0 Å². The summed E-state index contributed by atoms with van der Waals surface area (Å²) >= 11 is 5.92. The first-order valence-corrected chi connectivity index (χ1v) is 5.87. The summed E-state index contributed by atoms with van der Waals surface area (Å²) in [5.74, 6) is -0.591. The quantitative estimate of drug-likeness (QED) is 0.779. The van der Waals surface area contributed by atoms with Gasteiger partial charge in [0.2, 0.25) is 0 Å². The summed E-state index contributed by atoms with van der Waals surface area (Å²) in [5, 5.41) is 13.9. The summed E-state index contributed by atoms with van der Waals surface area (Å²) < 4.78 is 1.44. The predicted octanol–water partition coefficient (Wildman–Crippen LogP) is 2.75. The van der Waals surface area contributed by atoms with Crippen LogP contribution in [-0.2, 0) is 0 Å². The second-order valence-corrected chi connectivity index (χ2v) is 4.38. The van der Waals surface area contributed by atoms with Gasteiger partial charge in [0.05, 0.1) is 0 Å². The number of benzene rings is 1. The van der Waals surface area contributed by atoms with Gasteiger partial charge in [0.15, 0.2) is 11.5 Å². The van der Waals surface area contributed by atoms with Crippen molar-refractivity contribution in [1.29, 1.82) is 0 Å². The van der Waals surface area contributed by atoms with E-state index in [2.05, 4.69) is 10.1 Å². The fourth-order valence-corrected chi connectivity index (χ4v) is 2.01. The van der Waals surface area contributed by atoms with E-state index < -0.39 is 5.97 Å². The van der Waals surface area contributed by atoms with E-state index in [1.165, 1.54) is 10.6 Å². The summed E-state index contributed by atoms with van der Waals surface area (Å²) in [6.07, 6.45) is 1.66. The Kier molecular flexibility index (Phi) is 2.68. The molecule has 1 aromatic carbocycles. The molecule has 3 aromatic rings. The van der Waals surface area contributed by atoms with E-state index in [0.29, 0.717) is 16.5 Å². The van der Waals surface area contributed by atoms with Gasteiger partial charge in [-0.2, -0.15) is 0 Å². The van der Waals surface area contributed by atoms with Crippen molar-refractivity contribution in [3.8, 4) is 11.4 Å². The molecule has 0 bridgehead atoms. The average molecular weight is 274 g/mol. The first-order chi connectivity index (χ1) is 9.15. The molecule has 0 aliphatic rings. The molecule has 0 radical (unpaired) electrons. The normalized spacial score (nSPS) is 10.8. The predicted molar refractivity (Wildman–Crippen MR) is 70.4 cm³/mol. The first kappa shape index (κ1) is 11.7. The summed E-state index contributed by atoms with van der Waals surface area (Å²) in [6, 6.07) is 10.2. The molecule has 0 unspecified atom stereocenters. The van der Waals surface area contributed by atoms with Gasteiger partial charge < -0.3 is 5.11 Å². The van der Waals surface area contributed by atoms with Crippen molar-refractivity contribution in [2.75, 3.05) is 0 Å². The molecule has 6 heteroatoms. The van der Waals surface area contributed by atoms with E-state index in [0.717, 1.165) is 5.56 Å². The fourth-order valence-electron chi connectivity index (χ4n) is 1.82. The lowest BCUT2D eigenvalue weighted by Gasteiger charge is -1.94. The first-order valence-electron chi connectivity index (χ1n) is 5.50. The van der Waals surface area contributed by atoms with Gasteiger partial charge in [0, 0.05) is 16.8 Å². The Morgan fingerprint density at radius 1 is 1.26 bits per heavy atom. The summed E-state index contributed by atoms with van der Waals surface area (Å²) in [4.78, 5) is 15.4. The highest BCUT2D eigenvalue weighted by Gasteiger charge is 2.13. The number of carboxylic acid groups (broad SMARTS) is 1. The zero-order valence-corrected chi connectivity index (χ0v) is 10.4. The smallest absolute Gasteiger partial charge is 0.339 e. The van der Waals surface area contributed by atoms with Gasteiger partial charge in [-0.15, -0.1) is 5.10 Å². The minimum atomic E-state index is -1.03. The lowest BCUT2D eigenvalue weighted by molar-refractivity contribution is 0.0698. The van der Waals surface area contributed by atoms with Crippen LogP contribution < -0.4 is 0 Å². The molecule has 0 amide bonds. The molecule has 94 valence electrons. The van der Waals surface area contributed by atoms with Crippen LogP contribution in [0.4, 0.5) is 0 Å². The molecule has 0 aliphatic carbocycles. The second kappa shape index (κ2) is 4.37. The van der Waals surface area contributed by atoms with Crippen molar-refractivity contribution in [2.24, 2.45) is 0 Å². The average Bonchev–Trinajstić information content (AvgIpc) is 2.82. The number of carboxylic acids is 1. The Bertz CT molecular complexity index is 782. The Morgan fingerprint density at radius 2 is 2.11 bits per heavy atom. The third kappa shape index (κ3) is 2.04. The molecule has 19 heavy (non-hydrogen) atoms. The lowest BCUT2D eigenvalue weighted by atomic mass is 10.2. The highest BCUT2D eigenvalue weighted by Crippen LogP contribution is 2.21. The third-order valence-electron chi connectivity index (χ3n) is 2.68. The highest BCUT2D eigenvalue weighted by molar-refractivity contribution is 6.30. The number of nitrogens with zero attached hydrogens (tertiary/aromatic N) is 3. The van der Waals surface area contributed by atoms with Crippen LogP contribution in [-0.4, -0.2) is 25.7 Å². The molecule has 0 aliphatic heterocycles. The summed E-state index contributed by atoms with van der Waals surface area (Å²) in [7, 11) is 0. The zero-order chi connectivity index (χ0) is 13.4. The van der Waals surface area contributed by atoms with Crippen LogP contribution >= 0.6 is 11.6 Å². The Hall–Kier alpha value is -2.40. The maximum absolute atomic E-state index is 11.1.